The summed E-state index contributed by atoms with van der Waals surface area (Å²) in [7, 11) is -6.23. The van der Waals surface area contributed by atoms with Crippen LogP contribution in [0.1, 0.15) is 5.56 Å². The fourth-order valence-corrected chi connectivity index (χ4v) is 5.44. The van der Waals surface area contributed by atoms with Crippen LogP contribution in [0.3, 0.4) is 0 Å². The lowest BCUT2D eigenvalue weighted by atomic mass is 10.1. The number of thioether (sulfide) groups is 1. The van der Waals surface area contributed by atoms with Crippen molar-refractivity contribution in [3.05, 3.63) is 59.7 Å². The standard InChI is InChI=1S/C20H16N4O7S3/c1-30-13-7-9-15(10-8-13)34(28,29)31-14-5-3-12(4-6-14)11-16-17(21)24-19(22-18(16)25)32-20(23-24)33(2,26)27/h3-11,21H,1-2H3/b16-11-,21-17?. The number of carbonyl (C=O) groups excluding carboxylic acids is 1. The summed E-state index contributed by atoms with van der Waals surface area (Å²) in [6, 6.07) is 11.5. The van der Waals surface area contributed by atoms with E-state index in [1.165, 1.54) is 61.7 Å². The summed E-state index contributed by atoms with van der Waals surface area (Å²) in [5, 5.41) is 13.1. The van der Waals surface area contributed by atoms with Gasteiger partial charge >= 0.3 is 10.1 Å². The number of amides is 1. The van der Waals surface area contributed by atoms with Crippen molar-refractivity contribution in [1.29, 1.82) is 5.41 Å². The number of nitrogens with zero attached hydrogens (tertiary/aromatic N) is 3. The number of fused-ring (bicyclic) bond motifs is 1. The average Bonchev–Trinajstić information content (AvgIpc) is 3.22. The molecule has 14 heteroatoms. The summed E-state index contributed by atoms with van der Waals surface area (Å²) in [6.45, 7) is 0. The van der Waals surface area contributed by atoms with E-state index in [1.807, 2.05) is 0 Å². The molecule has 176 valence electrons. The number of hydrazone groups is 1. The predicted molar refractivity (Wildman–Crippen MR) is 127 cm³/mol. The van der Waals surface area contributed by atoms with Gasteiger partial charge in [0.15, 0.2) is 5.84 Å². The third kappa shape index (κ3) is 4.73. The number of carbonyl (C=O) groups is 1. The minimum Gasteiger partial charge on any atom is -0.497 e. The molecule has 2 aromatic rings. The van der Waals surface area contributed by atoms with Gasteiger partial charge in [0.2, 0.25) is 19.4 Å². The van der Waals surface area contributed by atoms with E-state index in [0.717, 1.165) is 11.3 Å². The Kier molecular flexibility index (Phi) is 6.05. The molecular formula is C20H16N4O7S3. The highest BCUT2D eigenvalue weighted by molar-refractivity contribution is 8.42. The van der Waals surface area contributed by atoms with Crippen molar-refractivity contribution in [3.63, 3.8) is 0 Å². The lowest BCUT2D eigenvalue weighted by molar-refractivity contribution is -0.114. The van der Waals surface area contributed by atoms with Crippen molar-refractivity contribution in [2.75, 3.05) is 13.4 Å². The zero-order chi connectivity index (χ0) is 24.7. The lowest BCUT2D eigenvalue weighted by Gasteiger charge is -2.20. The van der Waals surface area contributed by atoms with Crippen molar-refractivity contribution < 1.29 is 30.6 Å². The van der Waals surface area contributed by atoms with E-state index in [4.69, 9.17) is 14.3 Å². The van der Waals surface area contributed by atoms with Gasteiger partial charge in [0, 0.05) is 6.26 Å². The third-order valence-corrected chi connectivity index (χ3v) is 8.34. The molecule has 4 rings (SSSR count). The molecule has 0 saturated heterocycles. The second-order valence-electron chi connectivity index (χ2n) is 6.94. The molecule has 2 aliphatic heterocycles. The Morgan fingerprint density at radius 1 is 1.00 bits per heavy atom. The number of methoxy groups -OCH3 is 1. The van der Waals surface area contributed by atoms with Crippen LogP contribution in [0.4, 0.5) is 0 Å². The zero-order valence-electron chi connectivity index (χ0n) is 17.6. The smallest absolute Gasteiger partial charge is 0.339 e. The van der Waals surface area contributed by atoms with Gasteiger partial charge in [-0.1, -0.05) is 12.1 Å². The van der Waals surface area contributed by atoms with Crippen LogP contribution >= 0.6 is 11.8 Å². The van der Waals surface area contributed by atoms with Gasteiger partial charge in [-0.15, -0.1) is 5.10 Å². The summed E-state index contributed by atoms with van der Waals surface area (Å²) >= 11 is 0.693. The number of hydrogen-bond donors (Lipinski definition) is 1. The Bertz CT molecular complexity index is 1490. The SMILES string of the molecule is COc1ccc(S(=O)(=O)Oc2ccc(/C=C3/C(=N)N4N=C(S(C)(=O)=O)SC4=NC3=O)cc2)cc1. The second kappa shape index (κ2) is 8.70. The molecule has 0 radical (unpaired) electrons. The van der Waals surface area contributed by atoms with Gasteiger partial charge in [0.25, 0.3) is 5.91 Å². The molecule has 0 bridgehead atoms. The fourth-order valence-electron chi connectivity index (χ4n) is 2.83. The number of amidine groups is 2. The summed E-state index contributed by atoms with van der Waals surface area (Å²) in [5.74, 6) is -0.511. The van der Waals surface area contributed by atoms with Gasteiger partial charge in [-0.25, -0.2) is 8.42 Å². The summed E-state index contributed by atoms with van der Waals surface area (Å²) in [6.07, 6.45) is 2.34. The maximum atomic E-state index is 12.5. The minimum atomic E-state index is -4.07. The predicted octanol–water partition coefficient (Wildman–Crippen LogP) is 2.08. The molecule has 0 saturated carbocycles. The second-order valence-corrected chi connectivity index (χ2v) is 11.6. The van der Waals surface area contributed by atoms with Crippen LogP contribution in [0.5, 0.6) is 11.5 Å². The van der Waals surface area contributed by atoms with Gasteiger partial charge in [-0.3, -0.25) is 10.2 Å². The molecule has 2 aliphatic rings. The maximum Gasteiger partial charge on any atom is 0.339 e. The molecule has 0 aromatic heterocycles. The van der Waals surface area contributed by atoms with Crippen LogP contribution in [0.25, 0.3) is 6.08 Å². The number of rotatable bonds is 5. The molecular weight excluding hydrogens is 504 g/mol. The number of ether oxygens (including phenoxy) is 1. The molecule has 11 nitrogen and oxygen atoms in total. The maximum absolute atomic E-state index is 12.5. The van der Waals surface area contributed by atoms with E-state index < -0.39 is 25.9 Å². The van der Waals surface area contributed by atoms with Crippen molar-refractivity contribution in [3.8, 4) is 11.5 Å². The molecule has 0 aliphatic carbocycles. The molecule has 0 fully saturated rings. The Hall–Kier alpha value is -3.49. The number of nitrogens with one attached hydrogen (secondary N) is 1. The van der Waals surface area contributed by atoms with E-state index in [-0.39, 0.29) is 31.6 Å². The van der Waals surface area contributed by atoms with Crippen LogP contribution in [0.2, 0.25) is 0 Å². The molecule has 0 atom stereocenters. The first-order valence-electron chi connectivity index (χ1n) is 9.37. The van der Waals surface area contributed by atoms with Crippen LogP contribution in [0.15, 0.2) is 69.1 Å². The summed E-state index contributed by atoms with van der Waals surface area (Å²) < 4.78 is 58.3. The topological polar surface area (TPSA) is 156 Å². The van der Waals surface area contributed by atoms with Crippen molar-refractivity contribution in [2.45, 2.75) is 4.90 Å². The first-order valence-corrected chi connectivity index (χ1v) is 13.5. The van der Waals surface area contributed by atoms with E-state index in [1.54, 1.807) is 0 Å². The van der Waals surface area contributed by atoms with E-state index >= 15 is 0 Å². The monoisotopic (exact) mass is 520 g/mol. The van der Waals surface area contributed by atoms with Crippen molar-refractivity contribution in [1.82, 2.24) is 5.01 Å². The van der Waals surface area contributed by atoms with Crippen LogP contribution in [-0.4, -0.2) is 56.5 Å². The number of sulfone groups is 1. The van der Waals surface area contributed by atoms with Crippen molar-refractivity contribution >= 4 is 59.1 Å². The molecule has 1 N–H and O–H groups in total. The van der Waals surface area contributed by atoms with E-state index in [2.05, 4.69) is 10.1 Å². The van der Waals surface area contributed by atoms with E-state index in [0.29, 0.717) is 23.1 Å². The lowest BCUT2D eigenvalue weighted by Crippen LogP contribution is -2.35. The normalized spacial score (nSPS) is 17.4. The first kappa shape index (κ1) is 23.7. The molecule has 0 unspecified atom stereocenters. The summed E-state index contributed by atoms with van der Waals surface area (Å²) in [4.78, 5) is 16.2. The van der Waals surface area contributed by atoms with Gasteiger partial charge in [-0.2, -0.15) is 18.4 Å². The molecule has 1 amide bonds. The highest BCUT2D eigenvalue weighted by Crippen LogP contribution is 2.30. The van der Waals surface area contributed by atoms with Crippen LogP contribution < -0.4 is 8.92 Å². The van der Waals surface area contributed by atoms with Gasteiger partial charge in [0.1, 0.15) is 16.4 Å². The molecule has 34 heavy (non-hydrogen) atoms. The highest BCUT2D eigenvalue weighted by Gasteiger charge is 2.38. The first-order chi connectivity index (χ1) is 16.0. The fraction of sp³-hybridized carbons (Fsp3) is 0.100. The quantitative estimate of drug-likeness (QED) is 0.461. The minimum absolute atomic E-state index is 0.0138. The van der Waals surface area contributed by atoms with Crippen LogP contribution in [0, 0.1) is 5.41 Å². The van der Waals surface area contributed by atoms with Crippen molar-refractivity contribution in [2.24, 2.45) is 10.1 Å². The molecule has 2 heterocycles. The number of benzene rings is 2. The molecule has 2 aromatic carbocycles. The Balaban J connectivity index is 1.54. The highest BCUT2D eigenvalue weighted by atomic mass is 32.3. The number of aliphatic imine (C=N–C) groups is 1. The summed E-state index contributed by atoms with van der Waals surface area (Å²) in [5.41, 5.74) is 0.350. The van der Waals surface area contributed by atoms with Crippen LogP contribution in [-0.2, 0) is 24.7 Å². The Labute approximate surface area is 199 Å². The van der Waals surface area contributed by atoms with Gasteiger partial charge < -0.3 is 8.92 Å². The zero-order valence-corrected chi connectivity index (χ0v) is 20.1. The molecule has 0 spiro atoms. The van der Waals surface area contributed by atoms with E-state index in [9.17, 15) is 21.6 Å². The largest absolute Gasteiger partial charge is 0.497 e. The average molecular weight is 521 g/mol. The van der Waals surface area contributed by atoms with Gasteiger partial charge in [-0.05, 0) is 59.8 Å². The Morgan fingerprint density at radius 3 is 2.21 bits per heavy atom. The number of hydrogen-bond acceptors (Lipinski definition) is 10. The third-order valence-electron chi connectivity index (χ3n) is 4.50. The van der Waals surface area contributed by atoms with Gasteiger partial charge in [0.05, 0.1) is 12.7 Å². The Morgan fingerprint density at radius 2 is 1.62 bits per heavy atom.